The molecule has 1 aliphatic heterocycles. The Bertz CT molecular complexity index is 1020. The summed E-state index contributed by atoms with van der Waals surface area (Å²) in [5.41, 5.74) is 3.50. The molecule has 25 heavy (non-hydrogen) atoms. The molecule has 1 aromatic carbocycles. The maximum Gasteiger partial charge on any atom is 0.270 e. The van der Waals surface area contributed by atoms with Gasteiger partial charge in [-0.25, -0.2) is 9.98 Å². The molecule has 126 valence electrons. The molecule has 7 nitrogen and oxygen atoms in total. The molecule has 4 rings (SSSR count). The molecule has 1 N–H and O–H groups in total. The van der Waals surface area contributed by atoms with Crippen molar-refractivity contribution in [3.63, 3.8) is 0 Å². The van der Waals surface area contributed by atoms with Crippen molar-refractivity contribution in [1.82, 2.24) is 9.55 Å². The van der Waals surface area contributed by atoms with Crippen LogP contribution in [-0.2, 0) is 0 Å². The van der Waals surface area contributed by atoms with Crippen molar-refractivity contribution < 1.29 is 10.0 Å². The molecular weight excluding hydrogens is 340 g/mol. The molecule has 0 saturated carbocycles. The highest BCUT2D eigenvalue weighted by atomic mass is 32.1. The molecule has 0 radical (unpaired) electrons. The summed E-state index contributed by atoms with van der Waals surface area (Å²) in [7, 11) is 0. The van der Waals surface area contributed by atoms with Gasteiger partial charge in [0.2, 0.25) is 6.23 Å². The van der Waals surface area contributed by atoms with Crippen molar-refractivity contribution in [1.29, 1.82) is 0 Å². The van der Waals surface area contributed by atoms with Gasteiger partial charge in [0, 0.05) is 23.4 Å². The number of benzene rings is 1. The van der Waals surface area contributed by atoms with Gasteiger partial charge >= 0.3 is 0 Å². The quantitative estimate of drug-likeness (QED) is 0.564. The van der Waals surface area contributed by atoms with Gasteiger partial charge in [0.05, 0.1) is 26.9 Å². The Morgan fingerprint density at radius 3 is 2.80 bits per heavy atom. The van der Waals surface area contributed by atoms with Crippen LogP contribution in [0.4, 0.5) is 5.69 Å². The zero-order valence-corrected chi connectivity index (χ0v) is 14.3. The third-order valence-electron chi connectivity index (χ3n) is 4.29. The number of rotatable bonds is 2. The van der Waals surface area contributed by atoms with E-state index in [0.717, 1.165) is 22.0 Å². The number of aliphatic imine (C=N–C) groups is 1. The fourth-order valence-corrected chi connectivity index (χ4v) is 3.73. The first-order valence-corrected chi connectivity index (χ1v) is 8.50. The predicted octanol–water partition coefficient (Wildman–Crippen LogP) is 3.30. The lowest BCUT2D eigenvalue weighted by molar-refractivity contribution is -0.384. The van der Waals surface area contributed by atoms with Crippen LogP contribution < -0.4 is 0 Å². The average molecular weight is 354 g/mol. The van der Waals surface area contributed by atoms with Gasteiger partial charge < -0.3 is 5.11 Å². The first kappa shape index (κ1) is 15.7. The van der Waals surface area contributed by atoms with Crippen molar-refractivity contribution in [3.05, 3.63) is 73.5 Å². The molecule has 1 aliphatic rings. The second kappa shape index (κ2) is 5.61. The van der Waals surface area contributed by atoms with Crippen molar-refractivity contribution in [2.45, 2.75) is 20.1 Å². The largest absolute Gasteiger partial charge is 0.365 e. The number of aliphatic hydroxyl groups is 1. The fourth-order valence-electron chi connectivity index (χ4n) is 3.00. The molecule has 1 atom stereocenters. The van der Waals surface area contributed by atoms with E-state index < -0.39 is 11.2 Å². The van der Waals surface area contributed by atoms with Gasteiger partial charge in [-0.15, -0.1) is 11.3 Å². The van der Waals surface area contributed by atoms with Crippen LogP contribution in [0.2, 0.25) is 0 Å². The summed E-state index contributed by atoms with van der Waals surface area (Å²) >= 11 is 1.47. The van der Waals surface area contributed by atoms with Gasteiger partial charge in [0.15, 0.2) is 5.82 Å². The van der Waals surface area contributed by atoms with Crippen LogP contribution in [-0.4, -0.2) is 25.3 Å². The highest BCUT2D eigenvalue weighted by Gasteiger charge is 2.28. The molecule has 0 bridgehead atoms. The van der Waals surface area contributed by atoms with Crippen LogP contribution in [0.15, 0.2) is 40.7 Å². The number of aliphatic hydroxyl groups excluding tert-OH is 1. The number of fused-ring (bicyclic) bond motifs is 3. The van der Waals surface area contributed by atoms with E-state index in [4.69, 9.17) is 0 Å². The van der Waals surface area contributed by atoms with E-state index in [1.165, 1.54) is 23.5 Å². The average Bonchev–Trinajstić information content (AvgIpc) is 3.19. The Hall–Kier alpha value is -2.84. The summed E-state index contributed by atoms with van der Waals surface area (Å²) in [5.74, 6) is 0.414. The summed E-state index contributed by atoms with van der Waals surface area (Å²) in [4.78, 5) is 20.5. The van der Waals surface area contributed by atoms with E-state index in [1.54, 1.807) is 6.07 Å². The Morgan fingerprint density at radius 1 is 1.32 bits per heavy atom. The number of hydrogen-bond donors (Lipinski definition) is 1. The molecule has 1 unspecified atom stereocenters. The third kappa shape index (κ3) is 2.38. The number of nitro groups is 1. The maximum absolute atomic E-state index is 11.2. The highest BCUT2D eigenvalue weighted by Crippen LogP contribution is 2.34. The zero-order chi connectivity index (χ0) is 17.7. The van der Waals surface area contributed by atoms with E-state index in [9.17, 15) is 15.2 Å². The van der Waals surface area contributed by atoms with Crippen molar-refractivity contribution >= 4 is 22.7 Å². The van der Waals surface area contributed by atoms with Crippen molar-refractivity contribution in [3.8, 4) is 5.69 Å². The van der Waals surface area contributed by atoms with Crippen molar-refractivity contribution in [2.75, 3.05) is 0 Å². The minimum atomic E-state index is -1.14. The molecule has 0 aliphatic carbocycles. The van der Waals surface area contributed by atoms with E-state index in [0.29, 0.717) is 17.1 Å². The number of imidazole rings is 1. The van der Waals surface area contributed by atoms with Gasteiger partial charge in [-0.05, 0) is 31.4 Å². The fraction of sp³-hybridized carbons (Fsp3) is 0.176. The van der Waals surface area contributed by atoms with E-state index in [-0.39, 0.29) is 5.69 Å². The summed E-state index contributed by atoms with van der Waals surface area (Å²) in [6, 6.07) is 8.41. The van der Waals surface area contributed by atoms with Gasteiger partial charge in [-0.1, -0.05) is 6.07 Å². The van der Waals surface area contributed by atoms with E-state index in [1.807, 2.05) is 35.9 Å². The van der Waals surface area contributed by atoms with Crippen LogP contribution >= 0.6 is 11.3 Å². The molecule has 8 heteroatoms. The van der Waals surface area contributed by atoms with Gasteiger partial charge in [0.25, 0.3) is 5.69 Å². The van der Waals surface area contributed by atoms with Crippen LogP contribution in [0.5, 0.6) is 0 Å². The Labute approximate surface area is 147 Å². The minimum absolute atomic E-state index is 0.0181. The lowest BCUT2D eigenvalue weighted by Gasteiger charge is -2.12. The molecular formula is C17H14N4O3S. The van der Waals surface area contributed by atoms with Gasteiger partial charge in [0.1, 0.15) is 0 Å². The lowest BCUT2D eigenvalue weighted by Crippen LogP contribution is -2.08. The zero-order valence-electron chi connectivity index (χ0n) is 13.5. The second-order valence-electron chi connectivity index (χ2n) is 5.76. The minimum Gasteiger partial charge on any atom is -0.365 e. The summed E-state index contributed by atoms with van der Waals surface area (Å²) in [6.07, 6.45) is -1.14. The summed E-state index contributed by atoms with van der Waals surface area (Å²) in [6.45, 7) is 3.76. The van der Waals surface area contributed by atoms with Crippen LogP contribution in [0.3, 0.4) is 0 Å². The second-order valence-corrected chi connectivity index (χ2v) is 6.71. The van der Waals surface area contributed by atoms with Crippen LogP contribution in [0.1, 0.15) is 33.9 Å². The molecule has 0 fully saturated rings. The summed E-state index contributed by atoms with van der Waals surface area (Å²) in [5, 5.41) is 23.7. The summed E-state index contributed by atoms with van der Waals surface area (Å²) < 4.78 is 1.82. The van der Waals surface area contributed by atoms with Crippen molar-refractivity contribution in [2.24, 2.45) is 4.99 Å². The first-order valence-electron chi connectivity index (χ1n) is 7.62. The molecule has 0 amide bonds. The Balaban J connectivity index is 2.08. The Kier molecular flexibility index (Phi) is 3.52. The molecule has 3 aromatic rings. The van der Waals surface area contributed by atoms with Gasteiger partial charge in [-0.3, -0.25) is 14.7 Å². The maximum atomic E-state index is 11.2. The highest BCUT2D eigenvalue weighted by molar-refractivity contribution is 7.12. The van der Waals surface area contributed by atoms with E-state index >= 15 is 0 Å². The third-order valence-corrected chi connectivity index (χ3v) is 5.17. The van der Waals surface area contributed by atoms with E-state index in [2.05, 4.69) is 9.98 Å². The number of nitrogens with zero attached hydrogens (tertiary/aromatic N) is 4. The number of non-ortho nitro benzene ring substituents is 1. The van der Waals surface area contributed by atoms with Gasteiger partial charge in [-0.2, -0.15) is 0 Å². The number of thiophene rings is 1. The standard InChI is InChI=1S/C17H14N4O3S/c1-9-10(2)20-13-6-5-11(21(23)24)8-12(13)15(14-4-3-7-25-14)19-17(22)16(20)18-9/h3-8,17,22H,1-2H3. The van der Waals surface area contributed by atoms with Crippen LogP contribution in [0.25, 0.3) is 5.69 Å². The topological polar surface area (TPSA) is 93.5 Å². The molecule has 3 heterocycles. The molecule has 0 saturated heterocycles. The number of nitro benzene ring substituents is 1. The lowest BCUT2D eigenvalue weighted by atomic mass is 10.0. The number of aryl methyl sites for hydroxylation is 1. The molecule has 2 aromatic heterocycles. The monoisotopic (exact) mass is 354 g/mol. The Morgan fingerprint density at radius 2 is 2.12 bits per heavy atom. The normalized spacial score (nSPS) is 16.0. The molecule has 0 spiro atoms. The SMILES string of the molecule is Cc1nc2n(c1C)-c1ccc([N+](=O)[O-])cc1C(c1cccs1)=NC2O. The predicted molar refractivity (Wildman–Crippen MR) is 94.6 cm³/mol. The number of hydrogen-bond acceptors (Lipinski definition) is 6. The first-order chi connectivity index (χ1) is 12.0. The number of aromatic nitrogens is 2. The smallest absolute Gasteiger partial charge is 0.270 e. The van der Waals surface area contributed by atoms with Crippen LogP contribution in [0, 0.1) is 24.0 Å².